The molecule has 6 nitrogen and oxygen atoms in total. The molecule has 1 aromatic heterocycles. The molecule has 1 saturated heterocycles. The minimum atomic E-state index is -0.0850. The quantitative estimate of drug-likeness (QED) is 0.800. The minimum Gasteiger partial charge on any atom is -0.384 e. The van der Waals surface area contributed by atoms with Crippen LogP contribution in [0.25, 0.3) is 0 Å². The lowest BCUT2D eigenvalue weighted by Crippen LogP contribution is -2.42. The van der Waals surface area contributed by atoms with E-state index in [9.17, 15) is 4.79 Å². The van der Waals surface area contributed by atoms with Crippen LogP contribution in [-0.4, -0.2) is 60.6 Å². The van der Waals surface area contributed by atoms with Crippen molar-refractivity contribution in [2.45, 2.75) is 25.3 Å². The summed E-state index contributed by atoms with van der Waals surface area (Å²) in [5.74, 6) is 0.941. The molecule has 1 atom stereocenters. The second-order valence-corrected chi connectivity index (χ2v) is 5.55. The van der Waals surface area contributed by atoms with E-state index >= 15 is 0 Å². The first-order chi connectivity index (χ1) is 9.13. The predicted octanol–water partition coefficient (Wildman–Crippen LogP) is 0.784. The van der Waals surface area contributed by atoms with Gasteiger partial charge in [-0.2, -0.15) is 4.37 Å². The number of nitrogens with zero attached hydrogens (tertiary/aromatic N) is 4. The van der Waals surface area contributed by atoms with Gasteiger partial charge in [-0.1, -0.05) is 0 Å². The SMILES string of the molecule is COCCc1nsc(N2CCCC2C(=O)N(C)C)n1. The Labute approximate surface area is 117 Å². The second-order valence-electron chi connectivity index (χ2n) is 4.82. The highest BCUT2D eigenvalue weighted by molar-refractivity contribution is 7.09. The first kappa shape index (κ1) is 14.2. The summed E-state index contributed by atoms with van der Waals surface area (Å²) in [5.41, 5.74) is 0. The Morgan fingerprint density at radius 2 is 2.37 bits per heavy atom. The van der Waals surface area contributed by atoms with Crippen LogP contribution in [0.1, 0.15) is 18.7 Å². The number of ether oxygens (including phenoxy) is 1. The van der Waals surface area contributed by atoms with E-state index in [4.69, 9.17) is 4.74 Å². The summed E-state index contributed by atoms with van der Waals surface area (Å²) in [6, 6.07) is -0.0850. The summed E-state index contributed by atoms with van der Waals surface area (Å²) in [5, 5.41) is 0.851. The smallest absolute Gasteiger partial charge is 0.244 e. The number of hydrogen-bond acceptors (Lipinski definition) is 6. The Hall–Kier alpha value is -1.21. The lowest BCUT2D eigenvalue weighted by atomic mass is 10.2. The molecule has 0 N–H and O–H groups in total. The van der Waals surface area contributed by atoms with Crippen molar-refractivity contribution in [1.29, 1.82) is 0 Å². The van der Waals surface area contributed by atoms with E-state index in [-0.39, 0.29) is 11.9 Å². The lowest BCUT2D eigenvalue weighted by molar-refractivity contribution is -0.129. The van der Waals surface area contributed by atoms with Gasteiger partial charge in [0.05, 0.1) is 6.61 Å². The van der Waals surface area contributed by atoms with Crippen LogP contribution in [-0.2, 0) is 16.0 Å². The van der Waals surface area contributed by atoms with Gasteiger partial charge in [0.15, 0.2) is 0 Å². The maximum atomic E-state index is 12.1. The molecule has 1 amide bonds. The van der Waals surface area contributed by atoms with Crippen molar-refractivity contribution in [1.82, 2.24) is 14.3 Å². The fraction of sp³-hybridized carbons (Fsp3) is 0.750. The van der Waals surface area contributed by atoms with E-state index in [1.165, 1.54) is 11.5 Å². The monoisotopic (exact) mass is 284 g/mol. The molecular weight excluding hydrogens is 264 g/mol. The molecule has 0 bridgehead atoms. The van der Waals surface area contributed by atoms with Gasteiger partial charge in [-0.15, -0.1) is 0 Å². The highest BCUT2D eigenvalue weighted by Gasteiger charge is 2.33. The molecule has 2 heterocycles. The summed E-state index contributed by atoms with van der Waals surface area (Å²) in [4.78, 5) is 20.4. The van der Waals surface area contributed by atoms with Gasteiger partial charge in [0.25, 0.3) is 0 Å². The van der Waals surface area contributed by atoms with Crippen LogP contribution in [0.5, 0.6) is 0 Å². The molecule has 2 rings (SSSR count). The zero-order valence-electron chi connectivity index (χ0n) is 11.6. The molecule has 1 fully saturated rings. The maximum Gasteiger partial charge on any atom is 0.244 e. The fourth-order valence-electron chi connectivity index (χ4n) is 2.21. The van der Waals surface area contributed by atoms with Crippen LogP contribution in [0.4, 0.5) is 5.13 Å². The third-order valence-corrected chi connectivity index (χ3v) is 4.00. The summed E-state index contributed by atoms with van der Waals surface area (Å²) >= 11 is 1.37. The van der Waals surface area contributed by atoms with Crippen molar-refractivity contribution in [3.8, 4) is 0 Å². The van der Waals surface area contributed by atoms with Crippen LogP contribution >= 0.6 is 11.5 Å². The van der Waals surface area contributed by atoms with Crippen LogP contribution in [0.15, 0.2) is 0 Å². The van der Waals surface area contributed by atoms with Gasteiger partial charge < -0.3 is 14.5 Å². The average molecular weight is 284 g/mol. The lowest BCUT2D eigenvalue weighted by Gasteiger charge is -2.25. The molecule has 0 aromatic carbocycles. The molecule has 0 spiro atoms. The second kappa shape index (κ2) is 6.29. The Balaban J connectivity index is 2.07. The maximum absolute atomic E-state index is 12.1. The van der Waals surface area contributed by atoms with Gasteiger partial charge in [-0.05, 0) is 12.8 Å². The van der Waals surface area contributed by atoms with Crippen LogP contribution in [0.3, 0.4) is 0 Å². The molecule has 106 valence electrons. The Bertz CT molecular complexity index is 435. The van der Waals surface area contributed by atoms with Crippen LogP contribution < -0.4 is 4.90 Å². The van der Waals surface area contributed by atoms with Crippen molar-refractivity contribution in [3.05, 3.63) is 5.82 Å². The topological polar surface area (TPSA) is 58.6 Å². The minimum absolute atomic E-state index is 0.0850. The third-order valence-electron chi connectivity index (χ3n) is 3.21. The van der Waals surface area contributed by atoms with Crippen molar-refractivity contribution >= 4 is 22.6 Å². The number of carbonyl (C=O) groups is 1. The highest BCUT2D eigenvalue weighted by Crippen LogP contribution is 2.27. The Kier molecular flexibility index (Phi) is 4.71. The number of rotatable bonds is 5. The van der Waals surface area contributed by atoms with E-state index in [0.717, 1.165) is 30.3 Å². The van der Waals surface area contributed by atoms with Gasteiger partial charge in [-0.3, -0.25) is 4.79 Å². The standard InChI is InChI=1S/C12H20N4O2S/c1-15(2)11(17)9-5-4-7-16(9)12-13-10(14-19-12)6-8-18-3/h9H,4-8H2,1-3H3. The van der Waals surface area contributed by atoms with Gasteiger partial charge in [0.1, 0.15) is 11.9 Å². The summed E-state index contributed by atoms with van der Waals surface area (Å²) < 4.78 is 9.34. The van der Waals surface area contributed by atoms with Gasteiger partial charge in [0, 0.05) is 45.7 Å². The molecule has 1 aromatic rings. The number of hydrogen-bond donors (Lipinski definition) is 0. The zero-order valence-corrected chi connectivity index (χ0v) is 12.4. The summed E-state index contributed by atoms with van der Waals surface area (Å²) in [7, 11) is 5.26. The van der Waals surface area contributed by atoms with Crippen molar-refractivity contribution in [2.75, 3.05) is 39.3 Å². The number of likely N-dealkylation sites (N-methyl/N-ethyl adjacent to an activating group) is 1. The van der Waals surface area contributed by atoms with Crippen LogP contribution in [0.2, 0.25) is 0 Å². The zero-order chi connectivity index (χ0) is 13.8. The molecule has 1 aliphatic rings. The molecule has 0 aliphatic carbocycles. The number of anilines is 1. The van der Waals surface area contributed by atoms with E-state index in [2.05, 4.69) is 14.3 Å². The van der Waals surface area contributed by atoms with E-state index in [1.54, 1.807) is 26.1 Å². The summed E-state index contributed by atoms with van der Waals surface area (Å²) in [6.45, 7) is 1.50. The number of amides is 1. The number of aromatic nitrogens is 2. The number of methoxy groups -OCH3 is 1. The van der Waals surface area contributed by atoms with Gasteiger partial charge >= 0.3 is 0 Å². The van der Waals surface area contributed by atoms with Crippen molar-refractivity contribution < 1.29 is 9.53 Å². The Morgan fingerprint density at radius 3 is 3.05 bits per heavy atom. The third kappa shape index (κ3) is 3.22. The molecule has 19 heavy (non-hydrogen) atoms. The van der Waals surface area contributed by atoms with Gasteiger partial charge in [0.2, 0.25) is 11.0 Å². The fourth-order valence-corrected chi connectivity index (χ4v) is 3.00. The largest absolute Gasteiger partial charge is 0.384 e. The van der Waals surface area contributed by atoms with E-state index < -0.39 is 0 Å². The highest BCUT2D eigenvalue weighted by atomic mass is 32.1. The predicted molar refractivity (Wildman–Crippen MR) is 74.6 cm³/mol. The van der Waals surface area contributed by atoms with E-state index in [0.29, 0.717) is 13.0 Å². The first-order valence-electron chi connectivity index (χ1n) is 6.43. The normalized spacial score (nSPS) is 18.9. The molecule has 1 unspecified atom stereocenters. The van der Waals surface area contributed by atoms with Crippen molar-refractivity contribution in [2.24, 2.45) is 0 Å². The molecular formula is C12H20N4O2S. The molecule has 7 heteroatoms. The summed E-state index contributed by atoms with van der Waals surface area (Å²) in [6.07, 6.45) is 2.63. The Morgan fingerprint density at radius 1 is 1.58 bits per heavy atom. The van der Waals surface area contributed by atoms with E-state index in [1.807, 2.05) is 0 Å². The molecule has 1 aliphatic heterocycles. The van der Waals surface area contributed by atoms with Crippen molar-refractivity contribution in [3.63, 3.8) is 0 Å². The molecule has 0 saturated carbocycles. The van der Waals surface area contributed by atoms with Gasteiger partial charge in [-0.25, -0.2) is 4.98 Å². The first-order valence-corrected chi connectivity index (χ1v) is 7.20. The molecule has 0 radical (unpaired) electrons. The average Bonchev–Trinajstić information content (AvgIpc) is 3.03. The van der Waals surface area contributed by atoms with Crippen LogP contribution in [0, 0.1) is 0 Å². The number of carbonyl (C=O) groups excluding carboxylic acids is 1.